The van der Waals surface area contributed by atoms with E-state index < -0.39 is 24.2 Å². The smallest absolute Gasteiger partial charge is 0.224 e. The Bertz CT molecular complexity index is 1180. The Hall–Kier alpha value is -2.75. The van der Waals surface area contributed by atoms with Gasteiger partial charge in [-0.05, 0) is 45.2 Å². The van der Waals surface area contributed by atoms with Crippen LogP contribution < -0.4 is 10.6 Å². The van der Waals surface area contributed by atoms with Gasteiger partial charge in [0.2, 0.25) is 5.95 Å². The topological polar surface area (TPSA) is 137 Å². The lowest BCUT2D eigenvalue weighted by Gasteiger charge is -2.21. The first-order valence-electron chi connectivity index (χ1n) is 13.1. The normalized spacial score (nSPS) is 21.9. The quantitative estimate of drug-likeness (QED) is 0.249. The number of nitrogens with zero attached hydrogens (tertiary/aromatic N) is 3. The highest BCUT2D eigenvalue weighted by Gasteiger charge is 2.41. The van der Waals surface area contributed by atoms with Crippen LogP contribution in [0.25, 0.3) is 22.3 Å². The fourth-order valence-electron chi connectivity index (χ4n) is 5.03. The second-order valence-corrected chi connectivity index (χ2v) is 9.88. The fourth-order valence-corrected chi connectivity index (χ4v) is 5.03. The second kappa shape index (κ2) is 11.5. The third-order valence-corrected chi connectivity index (χ3v) is 6.99. The van der Waals surface area contributed by atoms with Gasteiger partial charge in [-0.15, -0.1) is 0 Å². The van der Waals surface area contributed by atoms with Crippen molar-refractivity contribution in [2.45, 2.75) is 84.5 Å². The van der Waals surface area contributed by atoms with Crippen molar-refractivity contribution >= 4 is 22.7 Å². The van der Waals surface area contributed by atoms with Gasteiger partial charge in [0, 0.05) is 30.1 Å². The van der Waals surface area contributed by atoms with Crippen molar-refractivity contribution in [1.82, 2.24) is 15.0 Å². The summed E-state index contributed by atoms with van der Waals surface area (Å²) >= 11 is 0. The molecule has 3 heterocycles. The summed E-state index contributed by atoms with van der Waals surface area (Å²) in [6.07, 6.45) is 3.58. The van der Waals surface area contributed by atoms with E-state index in [-0.39, 0.29) is 6.61 Å². The molecule has 4 atom stereocenters. The first-order chi connectivity index (χ1) is 17.4. The molecule has 0 amide bonds. The van der Waals surface area contributed by atoms with E-state index in [1.165, 1.54) is 0 Å². The molecule has 9 nitrogen and oxygen atoms in total. The zero-order chi connectivity index (χ0) is 25.8. The number of aliphatic hydroxyl groups is 3. The van der Waals surface area contributed by atoms with Gasteiger partial charge in [-0.2, -0.15) is 4.98 Å². The molecule has 1 fully saturated rings. The lowest BCUT2D eigenvalue weighted by molar-refractivity contribution is 0.00446. The first-order valence-corrected chi connectivity index (χ1v) is 13.1. The number of aromatic nitrogens is 3. The van der Waals surface area contributed by atoms with Crippen LogP contribution >= 0.6 is 0 Å². The van der Waals surface area contributed by atoms with Crippen LogP contribution in [-0.4, -0.2) is 61.7 Å². The molecule has 3 aromatic rings. The molecule has 4 rings (SSSR count). The van der Waals surface area contributed by atoms with Gasteiger partial charge in [-0.3, -0.25) is 4.98 Å². The molecule has 1 aliphatic rings. The number of rotatable bonds is 11. The van der Waals surface area contributed by atoms with Gasteiger partial charge in [0.05, 0.1) is 29.1 Å². The summed E-state index contributed by atoms with van der Waals surface area (Å²) in [5, 5.41) is 38.2. The maximum atomic E-state index is 10.6. The van der Waals surface area contributed by atoms with Crippen LogP contribution in [0.5, 0.6) is 0 Å². The minimum absolute atomic E-state index is 0.188. The molecule has 1 aliphatic carbocycles. The number of unbranched alkanes of at least 4 members (excludes halogenated alkanes) is 2. The summed E-state index contributed by atoms with van der Waals surface area (Å²) in [6, 6.07) is 3.58. The number of nitrogens with one attached hydrogen (secondary N) is 2. The number of hydrogen-bond acceptors (Lipinski definition) is 9. The zero-order valence-electron chi connectivity index (χ0n) is 21.7. The van der Waals surface area contributed by atoms with Crippen molar-refractivity contribution in [2.75, 3.05) is 23.8 Å². The Morgan fingerprint density at radius 3 is 2.50 bits per heavy atom. The van der Waals surface area contributed by atoms with Gasteiger partial charge < -0.3 is 30.4 Å². The SMILES string of the molecule is CCCCCNc1nc(C)c(-c2cc3cc(CCC)nc(C)c3o2)c(N[C@@H]2C[C@H](CO)[C@@H](O)[C@H]2O)n1. The molecule has 0 radical (unpaired) electrons. The predicted molar refractivity (Wildman–Crippen MR) is 141 cm³/mol. The Morgan fingerprint density at radius 1 is 1.00 bits per heavy atom. The molecule has 0 saturated heterocycles. The van der Waals surface area contributed by atoms with Gasteiger partial charge in [0.25, 0.3) is 0 Å². The van der Waals surface area contributed by atoms with Crippen LogP contribution in [0.15, 0.2) is 16.5 Å². The Kier molecular flexibility index (Phi) is 8.43. The number of furan rings is 1. The summed E-state index contributed by atoms with van der Waals surface area (Å²) in [4.78, 5) is 14.1. The molecule has 0 spiro atoms. The van der Waals surface area contributed by atoms with Crippen LogP contribution in [0.2, 0.25) is 0 Å². The standard InChI is InChI=1S/C27H39N5O4/c1-5-7-8-10-28-27-30-15(3)22(26(32-27)31-20-12-18(14-33)23(34)24(20)35)21-13-17-11-19(9-6-2)29-16(4)25(17)36-21/h11,13,18,20,23-24,33-35H,5-10,12,14H2,1-4H3,(H2,28,30,31,32)/t18-,20-,23-,24+/m1/s1. The average Bonchev–Trinajstić information content (AvgIpc) is 3.38. The lowest BCUT2D eigenvalue weighted by atomic mass is 10.1. The number of aliphatic hydroxyl groups excluding tert-OH is 3. The molecule has 0 aliphatic heterocycles. The van der Waals surface area contributed by atoms with E-state index in [4.69, 9.17) is 14.4 Å². The number of hydrogen-bond donors (Lipinski definition) is 5. The monoisotopic (exact) mass is 497 g/mol. The van der Waals surface area contributed by atoms with Crippen molar-refractivity contribution in [3.05, 3.63) is 29.2 Å². The van der Waals surface area contributed by atoms with Gasteiger partial charge in [0.15, 0.2) is 5.58 Å². The summed E-state index contributed by atoms with van der Waals surface area (Å²) in [6.45, 7) is 8.73. The maximum Gasteiger partial charge on any atom is 0.224 e. The van der Waals surface area contributed by atoms with Crippen molar-refractivity contribution < 1.29 is 19.7 Å². The average molecular weight is 498 g/mol. The minimum atomic E-state index is -1.02. The number of fused-ring (bicyclic) bond motifs is 1. The molecule has 36 heavy (non-hydrogen) atoms. The van der Waals surface area contributed by atoms with Crippen LogP contribution in [0.3, 0.4) is 0 Å². The molecule has 0 unspecified atom stereocenters. The third-order valence-electron chi connectivity index (χ3n) is 6.99. The van der Waals surface area contributed by atoms with E-state index in [0.717, 1.165) is 66.7 Å². The van der Waals surface area contributed by atoms with E-state index in [9.17, 15) is 15.3 Å². The molecule has 9 heteroatoms. The van der Waals surface area contributed by atoms with Crippen LogP contribution in [0.1, 0.15) is 63.0 Å². The van der Waals surface area contributed by atoms with E-state index in [1.807, 2.05) is 19.9 Å². The molecule has 3 aromatic heterocycles. The Balaban J connectivity index is 1.73. The van der Waals surface area contributed by atoms with Gasteiger partial charge >= 0.3 is 0 Å². The summed E-state index contributed by atoms with van der Waals surface area (Å²) in [7, 11) is 0. The van der Waals surface area contributed by atoms with Crippen LogP contribution in [0, 0.1) is 19.8 Å². The number of aryl methyl sites for hydroxylation is 3. The fraction of sp³-hybridized carbons (Fsp3) is 0.593. The molecule has 0 bridgehead atoms. The second-order valence-electron chi connectivity index (χ2n) is 9.88. The van der Waals surface area contributed by atoms with Crippen LogP contribution in [-0.2, 0) is 6.42 Å². The van der Waals surface area contributed by atoms with Crippen molar-refractivity contribution in [2.24, 2.45) is 5.92 Å². The minimum Gasteiger partial charge on any atom is -0.454 e. The molecule has 1 saturated carbocycles. The third kappa shape index (κ3) is 5.48. The summed E-state index contributed by atoms with van der Waals surface area (Å²) in [5.74, 6) is 1.25. The predicted octanol–water partition coefficient (Wildman–Crippen LogP) is 3.97. The largest absolute Gasteiger partial charge is 0.454 e. The number of pyridine rings is 1. The maximum absolute atomic E-state index is 10.6. The van der Waals surface area contributed by atoms with E-state index in [2.05, 4.69) is 35.5 Å². The van der Waals surface area contributed by atoms with E-state index in [1.54, 1.807) is 0 Å². The summed E-state index contributed by atoms with van der Waals surface area (Å²) in [5.41, 5.74) is 4.04. The Labute approximate surface area is 212 Å². The molecule has 5 N–H and O–H groups in total. The van der Waals surface area contributed by atoms with E-state index >= 15 is 0 Å². The molecule has 0 aromatic carbocycles. The molecular formula is C27H39N5O4. The number of anilines is 2. The Morgan fingerprint density at radius 2 is 1.81 bits per heavy atom. The van der Waals surface area contributed by atoms with E-state index in [0.29, 0.717) is 29.5 Å². The van der Waals surface area contributed by atoms with Crippen molar-refractivity contribution in [3.63, 3.8) is 0 Å². The molecular weight excluding hydrogens is 458 g/mol. The van der Waals surface area contributed by atoms with Gasteiger partial charge in [0.1, 0.15) is 17.7 Å². The highest BCUT2D eigenvalue weighted by Crippen LogP contribution is 2.37. The molecule has 196 valence electrons. The van der Waals surface area contributed by atoms with Gasteiger partial charge in [-0.25, -0.2) is 4.98 Å². The first kappa shape index (κ1) is 26.3. The lowest BCUT2D eigenvalue weighted by Crippen LogP contribution is -2.35. The highest BCUT2D eigenvalue weighted by atomic mass is 16.3. The van der Waals surface area contributed by atoms with Gasteiger partial charge in [-0.1, -0.05) is 33.1 Å². The zero-order valence-corrected chi connectivity index (χ0v) is 21.7. The van der Waals surface area contributed by atoms with Crippen molar-refractivity contribution in [3.8, 4) is 11.3 Å². The highest BCUT2D eigenvalue weighted by molar-refractivity contribution is 5.87. The summed E-state index contributed by atoms with van der Waals surface area (Å²) < 4.78 is 6.29. The van der Waals surface area contributed by atoms with Crippen LogP contribution in [0.4, 0.5) is 11.8 Å². The van der Waals surface area contributed by atoms with Crippen molar-refractivity contribution in [1.29, 1.82) is 0 Å².